The summed E-state index contributed by atoms with van der Waals surface area (Å²) in [6.07, 6.45) is 1.21. The number of aryl methyl sites for hydroxylation is 1. The van der Waals surface area contributed by atoms with Crippen LogP contribution in [0.1, 0.15) is 31.3 Å². The highest BCUT2D eigenvalue weighted by molar-refractivity contribution is 5.10. The van der Waals surface area contributed by atoms with Gasteiger partial charge in [-0.3, -0.25) is 4.79 Å². The summed E-state index contributed by atoms with van der Waals surface area (Å²) in [6.45, 7) is 4.94. The number of aromatic amines is 1. The molecule has 1 aliphatic heterocycles. The predicted octanol–water partition coefficient (Wildman–Crippen LogP) is 1.26. The topological polar surface area (TPSA) is 64.2 Å². The molecule has 5 nitrogen and oxygen atoms in total. The van der Waals surface area contributed by atoms with Crippen LogP contribution in [0.2, 0.25) is 0 Å². The van der Waals surface area contributed by atoms with E-state index in [2.05, 4.69) is 9.97 Å². The first-order valence-corrected chi connectivity index (χ1v) is 6.07. The van der Waals surface area contributed by atoms with Crippen molar-refractivity contribution < 1.29 is 13.9 Å². The minimum absolute atomic E-state index is 0.0966. The highest BCUT2D eigenvalue weighted by Crippen LogP contribution is 2.33. The van der Waals surface area contributed by atoms with Gasteiger partial charge in [0.15, 0.2) is 0 Å². The van der Waals surface area contributed by atoms with Gasteiger partial charge in [-0.05, 0) is 13.8 Å². The lowest BCUT2D eigenvalue weighted by molar-refractivity contribution is -0.118. The molecule has 1 fully saturated rings. The highest BCUT2D eigenvalue weighted by atomic mass is 19.1. The molecule has 18 heavy (non-hydrogen) atoms. The van der Waals surface area contributed by atoms with Crippen molar-refractivity contribution in [1.29, 1.82) is 0 Å². The summed E-state index contributed by atoms with van der Waals surface area (Å²) in [5.41, 5.74) is -1.31. The van der Waals surface area contributed by atoms with Crippen LogP contribution in [0.5, 0.6) is 0 Å². The standard InChI is InChI=1S/C12H17FN2O3/c1-3-18-12(4-6-17-7-5-12)11-14-8(2)9(13)10(16)15-11/h3-7H2,1-2H3,(H,14,15,16). The van der Waals surface area contributed by atoms with Crippen LogP contribution < -0.4 is 5.56 Å². The fourth-order valence-electron chi connectivity index (χ4n) is 2.21. The Balaban J connectivity index is 2.45. The Labute approximate surface area is 104 Å². The molecule has 0 bridgehead atoms. The lowest BCUT2D eigenvalue weighted by atomic mass is 9.92. The molecular formula is C12H17FN2O3. The Morgan fingerprint density at radius 3 is 2.72 bits per heavy atom. The first kappa shape index (κ1) is 13.2. The molecule has 2 rings (SSSR count). The van der Waals surface area contributed by atoms with Gasteiger partial charge in [-0.15, -0.1) is 0 Å². The van der Waals surface area contributed by atoms with E-state index in [0.717, 1.165) is 0 Å². The molecule has 1 aromatic rings. The summed E-state index contributed by atoms with van der Waals surface area (Å²) in [4.78, 5) is 18.1. The van der Waals surface area contributed by atoms with E-state index >= 15 is 0 Å². The van der Waals surface area contributed by atoms with E-state index in [9.17, 15) is 9.18 Å². The molecule has 1 saturated heterocycles. The van der Waals surface area contributed by atoms with Crippen molar-refractivity contribution in [2.24, 2.45) is 0 Å². The largest absolute Gasteiger partial charge is 0.381 e. The summed E-state index contributed by atoms with van der Waals surface area (Å²) in [7, 11) is 0. The van der Waals surface area contributed by atoms with E-state index in [1.165, 1.54) is 6.92 Å². The fourth-order valence-corrected chi connectivity index (χ4v) is 2.21. The summed E-state index contributed by atoms with van der Waals surface area (Å²) in [5, 5.41) is 0. The van der Waals surface area contributed by atoms with Crippen LogP contribution in [0.25, 0.3) is 0 Å². The number of rotatable bonds is 3. The average molecular weight is 256 g/mol. The summed E-state index contributed by atoms with van der Waals surface area (Å²) in [5.74, 6) is -0.436. The van der Waals surface area contributed by atoms with Crippen LogP contribution in [0.15, 0.2) is 4.79 Å². The number of nitrogens with zero attached hydrogens (tertiary/aromatic N) is 1. The van der Waals surface area contributed by atoms with Crippen molar-refractivity contribution in [2.75, 3.05) is 19.8 Å². The van der Waals surface area contributed by atoms with Crippen LogP contribution >= 0.6 is 0 Å². The zero-order valence-electron chi connectivity index (χ0n) is 10.6. The highest BCUT2D eigenvalue weighted by Gasteiger charge is 2.38. The molecule has 0 aromatic carbocycles. The van der Waals surface area contributed by atoms with Gasteiger partial charge in [0, 0.05) is 32.7 Å². The molecule has 100 valence electrons. The van der Waals surface area contributed by atoms with E-state index in [1.807, 2.05) is 6.92 Å². The lowest BCUT2D eigenvalue weighted by Gasteiger charge is -2.35. The molecule has 1 N–H and O–H groups in total. The molecule has 0 radical (unpaired) electrons. The summed E-state index contributed by atoms with van der Waals surface area (Å²) in [6, 6.07) is 0. The van der Waals surface area contributed by atoms with E-state index in [1.54, 1.807) is 0 Å². The second-order valence-electron chi connectivity index (χ2n) is 4.35. The minimum atomic E-state index is -0.836. The third-order valence-corrected chi connectivity index (χ3v) is 3.18. The van der Waals surface area contributed by atoms with E-state index in [0.29, 0.717) is 38.5 Å². The van der Waals surface area contributed by atoms with Crippen LogP contribution in [0.3, 0.4) is 0 Å². The minimum Gasteiger partial charge on any atom is -0.381 e. The molecule has 1 aromatic heterocycles. The molecule has 0 unspecified atom stereocenters. The zero-order valence-corrected chi connectivity index (χ0v) is 10.6. The molecule has 0 aliphatic carbocycles. The number of H-pyrrole nitrogens is 1. The smallest absolute Gasteiger partial charge is 0.287 e. The van der Waals surface area contributed by atoms with Crippen molar-refractivity contribution in [2.45, 2.75) is 32.3 Å². The van der Waals surface area contributed by atoms with Gasteiger partial charge in [0.1, 0.15) is 11.4 Å². The molecule has 6 heteroatoms. The van der Waals surface area contributed by atoms with Gasteiger partial charge in [0.05, 0.1) is 5.69 Å². The lowest BCUT2D eigenvalue weighted by Crippen LogP contribution is -2.40. The number of nitrogens with one attached hydrogen (secondary N) is 1. The maximum absolute atomic E-state index is 13.3. The average Bonchev–Trinajstić information content (AvgIpc) is 2.37. The second-order valence-corrected chi connectivity index (χ2v) is 4.35. The molecule has 2 heterocycles. The van der Waals surface area contributed by atoms with Gasteiger partial charge < -0.3 is 14.5 Å². The number of ether oxygens (including phenoxy) is 2. The van der Waals surface area contributed by atoms with Crippen molar-refractivity contribution in [3.05, 3.63) is 27.7 Å². The normalized spacial score (nSPS) is 18.8. The van der Waals surface area contributed by atoms with Crippen LogP contribution in [0.4, 0.5) is 4.39 Å². The number of hydrogen-bond donors (Lipinski definition) is 1. The maximum Gasteiger partial charge on any atom is 0.287 e. The quantitative estimate of drug-likeness (QED) is 0.884. The molecule has 0 atom stereocenters. The number of aromatic nitrogens is 2. The van der Waals surface area contributed by atoms with Gasteiger partial charge in [-0.2, -0.15) is 4.39 Å². The van der Waals surface area contributed by atoms with Gasteiger partial charge in [-0.1, -0.05) is 0 Å². The van der Waals surface area contributed by atoms with E-state index in [-0.39, 0.29) is 5.69 Å². The summed E-state index contributed by atoms with van der Waals surface area (Å²) >= 11 is 0. The molecule has 1 aliphatic rings. The Morgan fingerprint density at radius 2 is 2.17 bits per heavy atom. The van der Waals surface area contributed by atoms with Gasteiger partial charge in [0.2, 0.25) is 5.82 Å². The Hall–Kier alpha value is -1.27. The Morgan fingerprint density at radius 1 is 1.50 bits per heavy atom. The van der Waals surface area contributed by atoms with Crippen molar-refractivity contribution in [3.63, 3.8) is 0 Å². The van der Waals surface area contributed by atoms with Crippen LogP contribution in [-0.4, -0.2) is 29.8 Å². The van der Waals surface area contributed by atoms with Crippen molar-refractivity contribution >= 4 is 0 Å². The van der Waals surface area contributed by atoms with Crippen molar-refractivity contribution in [1.82, 2.24) is 9.97 Å². The summed E-state index contributed by atoms with van der Waals surface area (Å²) < 4.78 is 24.4. The second kappa shape index (κ2) is 5.16. The van der Waals surface area contributed by atoms with Gasteiger partial charge in [0.25, 0.3) is 5.56 Å². The molecule has 0 saturated carbocycles. The first-order chi connectivity index (χ1) is 8.59. The fraction of sp³-hybridized carbons (Fsp3) is 0.667. The van der Waals surface area contributed by atoms with Crippen LogP contribution in [0, 0.1) is 12.7 Å². The Bertz CT molecular complexity index is 475. The van der Waals surface area contributed by atoms with E-state index < -0.39 is 17.0 Å². The number of hydrogen-bond acceptors (Lipinski definition) is 4. The molecule has 0 spiro atoms. The predicted molar refractivity (Wildman–Crippen MR) is 62.9 cm³/mol. The van der Waals surface area contributed by atoms with Gasteiger partial charge >= 0.3 is 0 Å². The molecular weight excluding hydrogens is 239 g/mol. The third kappa shape index (κ3) is 2.30. The number of halogens is 1. The molecule has 0 amide bonds. The third-order valence-electron chi connectivity index (χ3n) is 3.18. The van der Waals surface area contributed by atoms with Crippen LogP contribution in [-0.2, 0) is 15.1 Å². The van der Waals surface area contributed by atoms with E-state index in [4.69, 9.17) is 9.47 Å². The Kier molecular flexibility index (Phi) is 3.77. The van der Waals surface area contributed by atoms with Gasteiger partial charge in [-0.25, -0.2) is 4.98 Å². The van der Waals surface area contributed by atoms with Crippen molar-refractivity contribution in [3.8, 4) is 0 Å². The SMILES string of the molecule is CCOC1(c2nc(C)c(F)c(=O)[nH]2)CCOCC1. The monoisotopic (exact) mass is 256 g/mol. The zero-order chi connectivity index (χ0) is 13.2. The first-order valence-electron chi connectivity index (χ1n) is 6.07. The maximum atomic E-state index is 13.3.